The average Bonchev–Trinajstić information content (AvgIpc) is 3.43. The molecule has 3 heterocycles. The number of esters is 6. The number of hydrogen-bond donors (Lipinski definition) is 1. The van der Waals surface area contributed by atoms with Gasteiger partial charge in [-0.3, -0.25) is 4.79 Å². The van der Waals surface area contributed by atoms with E-state index >= 15 is 0 Å². The lowest BCUT2D eigenvalue weighted by atomic mass is 9.84. The Kier molecular flexibility index (Phi) is 10.1. The lowest BCUT2D eigenvalue weighted by Crippen LogP contribution is -2.12. The summed E-state index contributed by atoms with van der Waals surface area (Å²) in [4.78, 5) is 85.2. The van der Waals surface area contributed by atoms with Crippen LogP contribution in [0.3, 0.4) is 0 Å². The fourth-order valence-electron chi connectivity index (χ4n) is 4.92. The molecule has 0 aromatic heterocycles. The molecule has 0 saturated heterocycles. The first-order valence-electron chi connectivity index (χ1n) is 13.3. The topological polar surface area (TPSA) is 167 Å². The first-order valence-corrected chi connectivity index (χ1v) is 13.3. The summed E-state index contributed by atoms with van der Waals surface area (Å²) in [6, 6.07) is 0. The van der Waals surface area contributed by atoms with Gasteiger partial charge >= 0.3 is 41.8 Å². The molecule has 3 rings (SSSR count). The molecule has 0 aromatic rings. The fourth-order valence-corrected chi connectivity index (χ4v) is 4.92. The van der Waals surface area contributed by atoms with Crippen LogP contribution in [0.5, 0.6) is 0 Å². The summed E-state index contributed by atoms with van der Waals surface area (Å²) in [7, 11) is 0. The minimum atomic E-state index is -1.13. The molecule has 40 heavy (non-hydrogen) atoms. The SMILES string of the molecule is CC/C=C/C1=C(C[C@H](CC)CC2=C(C[C@H](CC)CC3=C(CCC(=O)O)C(=O)OC3=O)C(=O)OC2=O)C(=O)OC1=O. The highest BCUT2D eigenvalue weighted by Crippen LogP contribution is 2.37. The summed E-state index contributed by atoms with van der Waals surface area (Å²) in [5.74, 6) is -6.50. The highest BCUT2D eigenvalue weighted by Gasteiger charge is 2.39. The van der Waals surface area contributed by atoms with Crippen LogP contribution in [-0.2, 0) is 47.8 Å². The molecule has 0 saturated carbocycles. The second-order valence-electron chi connectivity index (χ2n) is 9.91. The van der Waals surface area contributed by atoms with Crippen LogP contribution in [0.4, 0.5) is 0 Å². The van der Waals surface area contributed by atoms with Crippen LogP contribution < -0.4 is 0 Å². The molecule has 0 aliphatic carbocycles. The summed E-state index contributed by atoms with van der Waals surface area (Å²) in [5.41, 5.74) is 0.817. The van der Waals surface area contributed by atoms with E-state index in [0.717, 1.165) is 0 Å². The number of hydrogen-bond acceptors (Lipinski definition) is 10. The maximum atomic E-state index is 12.7. The molecule has 0 radical (unpaired) electrons. The van der Waals surface area contributed by atoms with Crippen molar-refractivity contribution in [1.82, 2.24) is 0 Å². The Morgan fingerprint density at radius 3 is 1.50 bits per heavy atom. The quantitative estimate of drug-likeness (QED) is 0.178. The van der Waals surface area contributed by atoms with E-state index in [9.17, 15) is 33.6 Å². The predicted molar refractivity (Wildman–Crippen MR) is 137 cm³/mol. The van der Waals surface area contributed by atoms with E-state index < -0.39 is 41.8 Å². The van der Waals surface area contributed by atoms with Crippen molar-refractivity contribution in [2.24, 2.45) is 11.8 Å². The van der Waals surface area contributed by atoms with E-state index in [2.05, 4.69) is 0 Å². The third kappa shape index (κ3) is 6.88. The van der Waals surface area contributed by atoms with Gasteiger partial charge in [-0.05, 0) is 50.4 Å². The second kappa shape index (κ2) is 13.3. The van der Waals surface area contributed by atoms with Crippen molar-refractivity contribution in [1.29, 1.82) is 0 Å². The lowest BCUT2D eigenvalue weighted by Gasteiger charge is -2.17. The molecule has 11 heteroatoms. The number of aliphatic carboxylic acids is 1. The normalized spacial score (nSPS) is 19.3. The number of carboxylic acid groups (broad SMARTS) is 1. The molecular formula is C29H32O11. The number of carbonyl (C=O) groups excluding carboxylic acids is 6. The van der Waals surface area contributed by atoms with Gasteiger partial charge in [-0.2, -0.15) is 0 Å². The van der Waals surface area contributed by atoms with E-state index in [-0.39, 0.29) is 83.8 Å². The average molecular weight is 557 g/mol. The van der Waals surface area contributed by atoms with Crippen LogP contribution in [0, 0.1) is 11.8 Å². The van der Waals surface area contributed by atoms with Crippen molar-refractivity contribution >= 4 is 41.8 Å². The number of rotatable bonds is 15. The maximum Gasteiger partial charge on any atom is 0.346 e. The molecule has 3 aliphatic rings. The molecule has 0 amide bonds. The molecule has 0 unspecified atom stereocenters. The van der Waals surface area contributed by atoms with Crippen LogP contribution in [0.2, 0.25) is 0 Å². The summed E-state index contributed by atoms with van der Waals surface area (Å²) >= 11 is 0. The second-order valence-corrected chi connectivity index (χ2v) is 9.91. The summed E-state index contributed by atoms with van der Waals surface area (Å²) in [6.45, 7) is 5.57. The van der Waals surface area contributed by atoms with Crippen molar-refractivity contribution in [3.05, 3.63) is 45.6 Å². The molecule has 214 valence electrons. The Morgan fingerprint density at radius 2 is 1.05 bits per heavy atom. The van der Waals surface area contributed by atoms with Gasteiger partial charge in [-0.25, -0.2) is 28.8 Å². The van der Waals surface area contributed by atoms with Crippen LogP contribution in [0.25, 0.3) is 0 Å². The molecular weight excluding hydrogens is 524 g/mol. The predicted octanol–water partition coefficient (Wildman–Crippen LogP) is 3.57. The molecule has 0 bridgehead atoms. The highest BCUT2D eigenvalue weighted by molar-refractivity contribution is 6.14. The van der Waals surface area contributed by atoms with Crippen LogP contribution in [0.15, 0.2) is 45.6 Å². The maximum absolute atomic E-state index is 12.7. The van der Waals surface area contributed by atoms with E-state index in [1.807, 2.05) is 20.8 Å². The number of carbonyl (C=O) groups is 7. The zero-order chi connectivity index (χ0) is 29.6. The molecule has 0 spiro atoms. The minimum Gasteiger partial charge on any atom is -0.481 e. The van der Waals surface area contributed by atoms with Crippen molar-refractivity contribution in [3.8, 4) is 0 Å². The van der Waals surface area contributed by atoms with E-state index in [0.29, 0.717) is 19.3 Å². The molecule has 11 nitrogen and oxygen atoms in total. The van der Waals surface area contributed by atoms with E-state index in [1.165, 1.54) is 0 Å². The van der Waals surface area contributed by atoms with Gasteiger partial charge in [0, 0.05) is 28.7 Å². The van der Waals surface area contributed by atoms with Crippen LogP contribution >= 0.6 is 0 Å². The highest BCUT2D eigenvalue weighted by atomic mass is 16.6. The largest absolute Gasteiger partial charge is 0.481 e. The Hall–Kier alpha value is -4.15. The van der Waals surface area contributed by atoms with Crippen molar-refractivity contribution < 1.29 is 52.9 Å². The number of allylic oxidation sites excluding steroid dienone is 1. The molecule has 2 atom stereocenters. The van der Waals surface area contributed by atoms with Crippen LogP contribution in [0.1, 0.15) is 78.6 Å². The number of carboxylic acids is 1. The molecule has 0 fully saturated rings. The molecule has 1 N–H and O–H groups in total. The zero-order valence-electron chi connectivity index (χ0n) is 22.7. The van der Waals surface area contributed by atoms with Gasteiger partial charge in [0.05, 0.1) is 11.1 Å². The molecule has 3 aliphatic heterocycles. The standard InChI is InChI=1S/C29H32O11/c1-4-7-8-17-19(26(34)38-24(17)32)11-15(5-2)13-21-22(29(37)40-28(21)36)14-16(6-3)12-20-18(9-10-23(30)31)25(33)39-27(20)35/h7-8,15-16H,4-6,9-14H2,1-3H3,(H,30,31)/b8-7+/t15-,16+/m0/s1. The van der Waals surface area contributed by atoms with Gasteiger partial charge in [0.1, 0.15) is 0 Å². The zero-order valence-corrected chi connectivity index (χ0v) is 22.7. The van der Waals surface area contributed by atoms with Crippen molar-refractivity contribution in [2.75, 3.05) is 0 Å². The Balaban J connectivity index is 1.85. The number of ether oxygens (including phenoxy) is 3. The van der Waals surface area contributed by atoms with Gasteiger partial charge in [-0.15, -0.1) is 0 Å². The summed E-state index contributed by atoms with van der Waals surface area (Å²) < 4.78 is 14.4. The van der Waals surface area contributed by atoms with Gasteiger partial charge in [0.25, 0.3) is 0 Å². The van der Waals surface area contributed by atoms with Crippen LogP contribution in [-0.4, -0.2) is 46.9 Å². The first-order chi connectivity index (χ1) is 19.0. The molecule has 0 aromatic carbocycles. The summed E-state index contributed by atoms with van der Waals surface area (Å²) in [5, 5.41) is 8.98. The Bertz CT molecular complexity index is 1270. The van der Waals surface area contributed by atoms with Gasteiger partial charge in [-0.1, -0.05) is 45.8 Å². The van der Waals surface area contributed by atoms with Crippen molar-refractivity contribution in [3.63, 3.8) is 0 Å². The third-order valence-corrected chi connectivity index (χ3v) is 7.30. The van der Waals surface area contributed by atoms with E-state index in [4.69, 9.17) is 19.3 Å². The van der Waals surface area contributed by atoms with Crippen molar-refractivity contribution in [2.45, 2.75) is 78.6 Å². The van der Waals surface area contributed by atoms with Gasteiger partial charge in [0.15, 0.2) is 0 Å². The fraction of sp³-hybridized carbons (Fsp3) is 0.483. The third-order valence-electron chi connectivity index (χ3n) is 7.30. The summed E-state index contributed by atoms with van der Waals surface area (Å²) in [6.07, 6.45) is 4.86. The monoisotopic (exact) mass is 556 g/mol. The number of cyclic esters (lactones) is 6. The van der Waals surface area contributed by atoms with Gasteiger partial charge in [0.2, 0.25) is 0 Å². The smallest absolute Gasteiger partial charge is 0.346 e. The van der Waals surface area contributed by atoms with E-state index in [1.54, 1.807) is 12.2 Å². The Morgan fingerprint density at radius 1 is 0.650 bits per heavy atom. The van der Waals surface area contributed by atoms with Gasteiger partial charge < -0.3 is 19.3 Å². The minimum absolute atomic E-state index is 0.00960. The lowest BCUT2D eigenvalue weighted by molar-refractivity contribution is -0.153. The first kappa shape index (κ1) is 30.4. The Labute approximate surface area is 230 Å².